The summed E-state index contributed by atoms with van der Waals surface area (Å²) in [7, 11) is -1.83. The molecule has 3 aromatic rings. The Morgan fingerprint density at radius 2 is 1.21 bits per heavy atom. The Hall–Kier alpha value is -6.84. The summed E-state index contributed by atoms with van der Waals surface area (Å²) >= 11 is 0. The van der Waals surface area contributed by atoms with E-state index in [1.807, 2.05) is 0 Å². The molecule has 2 aliphatic rings. The van der Waals surface area contributed by atoms with Crippen LogP contribution in [-0.4, -0.2) is 82.0 Å². The number of nitrogens with one attached hydrogen (secondary N) is 2. The number of rotatable bonds is 17. The molecule has 58 heavy (non-hydrogen) atoms. The Kier molecular flexibility index (Phi) is 13.1. The number of esters is 2. The fourth-order valence-corrected chi connectivity index (χ4v) is 8.11. The quantitative estimate of drug-likeness (QED) is 0.0650. The second kappa shape index (κ2) is 18.0. The van der Waals surface area contributed by atoms with E-state index in [1.165, 1.54) is 86.6 Å². The zero-order valence-corrected chi connectivity index (χ0v) is 31.6. The highest BCUT2D eigenvalue weighted by Crippen LogP contribution is 2.44. The third-order valence-electron chi connectivity index (χ3n) is 9.34. The van der Waals surface area contributed by atoms with E-state index < -0.39 is 83.7 Å². The average Bonchev–Trinajstić information content (AvgIpc) is 3.38. The van der Waals surface area contributed by atoms with Gasteiger partial charge in [0.15, 0.2) is 0 Å². The van der Waals surface area contributed by atoms with Gasteiger partial charge in [-0.25, -0.2) is 14.4 Å². The summed E-state index contributed by atoms with van der Waals surface area (Å²) in [6, 6.07) is 11.9. The van der Waals surface area contributed by atoms with Crippen LogP contribution in [0.3, 0.4) is 0 Å². The Morgan fingerprint density at radius 1 is 0.759 bits per heavy atom. The van der Waals surface area contributed by atoms with Gasteiger partial charge in [-0.3, -0.25) is 44.1 Å². The number of alkyl carbamates (subject to hydrolysis) is 1. The highest BCUT2D eigenvalue weighted by molar-refractivity contribution is 7.87. The van der Waals surface area contributed by atoms with Crippen molar-refractivity contribution in [2.45, 2.75) is 81.2 Å². The fourth-order valence-electron chi connectivity index (χ4n) is 6.20. The van der Waals surface area contributed by atoms with Crippen molar-refractivity contribution in [2.75, 3.05) is 0 Å². The monoisotopic (exact) mass is 824 g/mol. The minimum absolute atomic E-state index is 0.0345. The maximum absolute atomic E-state index is 13.5. The standard InChI is InChI=1S/C36H36N6O15S/c1-36(2)30(34(46)56-19-22-8-14-25(15-9-22)41(50)51)39-31(44)29(32(39)58(36)54)38-28(43)5-3-4-27(33(45)55-18-21-6-12-24(13-7-21)40(48)49)37-35(47)57-20-23-10-16-26(17-11-23)42(52)53/h6-17,27,29-30,32H,3-5,18-20H2,1-2H3,(H,37,47)(H,38,43)/t27-,29-,30+,32-,58?/m1/s1. The minimum atomic E-state index is -1.83. The summed E-state index contributed by atoms with van der Waals surface area (Å²) in [6.45, 7) is 2.17. The molecular formula is C36H36N6O15S. The first-order valence-electron chi connectivity index (χ1n) is 17.5. The van der Waals surface area contributed by atoms with Crippen LogP contribution >= 0.6 is 0 Å². The van der Waals surface area contributed by atoms with Crippen LogP contribution in [0.4, 0.5) is 21.9 Å². The van der Waals surface area contributed by atoms with Crippen LogP contribution in [0.15, 0.2) is 72.8 Å². The fraction of sp³-hybridized carbons (Fsp3) is 0.361. The molecule has 22 heteroatoms. The molecule has 0 aromatic heterocycles. The van der Waals surface area contributed by atoms with E-state index in [0.717, 1.165) is 4.90 Å². The maximum atomic E-state index is 13.5. The number of amides is 3. The number of fused-ring (bicyclic) bond motifs is 1. The van der Waals surface area contributed by atoms with E-state index in [1.54, 1.807) is 0 Å². The number of nitro groups is 3. The molecule has 2 saturated heterocycles. The summed E-state index contributed by atoms with van der Waals surface area (Å²) in [6.07, 6.45) is -1.51. The molecule has 0 bridgehead atoms. The molecule has 2 N–H and O–H groups in total. The van der Waals surface area contributed by atoms with E-state index in [0.29, 0.717) is 16.7 Å². The minimum Gasteiger partial charge on any atom is -0.459 e. The lowest BCUT2D eigenvalue weighted by atomic mass is 9.96. The Morgan fingerprint density at radius 3 is 1.67 bits per heavy atom. The molecule has 5 atom stereocenters. The summed E-state index contributed by atoms with van der Waals surface area (Å²) in [4.78, 5) is 97.5. The average molecular weight is 825 g/mol. The van der Waals surface area contributed by atoms with Gasteiger partial charge in [0.1, 0.15) is 43.3 Å². The Labute approximate surface area is 330 Å². The molecular weight excluding hydrogens is 788 g/mol. The first-order chi connectivity index (χ1) is 27.5. The summed E-state index contributed by atoms with van der Waals surface area (Å²) in [5.41, 5.74) is 0.762. The summed E-state index contributed by atoms with van der Waals surface area (Å²) < 4.78 is 28.1. The SMILES string of the molecule is CC1(C)[C@H](C(=O)OCc2ccc([N+](=O)[O-])cc2)N2C(=O)[C@@H](NC(=O)CCC[C@@H](NC(=O)OCc3ccc([N+](=O)[O-])cc3)C(=O)OCc3ccc([N+](=O)[O-])cc3)[C@H]2S1=O. The van der Waals surface area contributed by atoms with Gasteiger partial charge in [0, 0.05) is 42.8 Å². The van der Waals surface area contributed by atoms with Crippen molar-refractivity contribution in [3.05, 3.63) is 120 Å². The van der Waals surface area contributed by atoms with E-state index in [2.05, 4.69) is 10.6 Å². The molecule has 2 heterocycles. The molecule has 0 saturated carbocycles. The highest BCUT2D eigenvalue weighted by atomic mass is 32.2. The van der Waals surface area contributed by atoms with Crippen LogP contribution in [0, 0.1) is 30.3 Å². The predicted molar refractivity (Wildman–Crippen MR) is 198 cm³/mol. The number of β-lactam (4-membered cyclic amide) rings is 1. The largest absolute Gasteiger partial charge is 0.459 e. The van der Waals surface area contributed by atoms with E-state index in [9.17, 15) is 58.5 Å². The normalized spacial score (nSPS) is 19.4. The zero-order valence-electron chi connectivity index (χ0n) is 30.8. The van der Waals surface area contributed by atoms with E-state index in [4.69, 9.17) is 14.2 Å². The van der Waals surface area contributed by atoms with Gasteiger partial charge in [0.25, 0.3) is 17.1 Å². The van der Waals surface area contributed by atoms with Gasteiger partial charge in [0.2, 0.25) is 11.8 Å². The number of ether oxygens (including phenoxy) is 3. The second-order valence-electron chi connectivity index (χ2n) is 13.6. The molecule has 2 aliphatic heterocycles. The smallest absolute Gasteiger partial charge is 0.408 e. The first-order valence-corrected chi connectivity index (χ1v) is 18.7. The number of nitrogens with zero attached hydrogens (tertiary/aromatic N) is 4. The Balaban J connectivity index is 1.16. The number of hydrogen-bond donors (Lipinski definition) is 2. The zero-order chi connectivity index (χ0) is 42.3. The van der Waals surface area contributed by atoms with Crippen molar-refractivity contribution in [2.24, 2.45) is 0 Å². The number of benzene rings is 3. The van der Waals surface area contributed by atoms with Crippen LogP contribution in [0.25, 0.3) is 0 Å². The lowest BCUT2D eigenvalue weighted by Gasteiger charge is -2.43. The summed E-state index contributed by atoms with van der Waals surface area (Å²) in [5, 5.41) is 36.7. The van der Waals surface area contributed by atoms with Crippen molar-refractivity contribution < 1.29 is 57.2 Å². The highest BCUT2D eigenvalue weighted by Gasteiger charge is 2.68. The van der Waals surface area contributed by atoms with Gasteiger partial charge < -0.3 is 29.7 Å². The predicted octanol–water partition coefficient (Wildman–Crippen LogP) is 3.23. The molecule has 306 valence electrons. The molecule has 0 aliphatic carbocycles. The lowest BCUT2D eigenvalue weighted by molar-refractivity contribution is -0.385. The van der Waals surface area contributed by atoms with Crippen LogP contribution in [0.5, 0.6) is 0 Å². The van der Waals surface area contributed by atoms with Crippen LogP contribution in [0.2, 0.25) is 0 Å². The van der Waals surface area contributed by atoms with Crippen molar-refractivity contribution in [3.8, 4) is 0 Å². The van der Waals surface area contributed by atoms with Gasteiger partial charge in [-0.05, 0) is 79.8 Å². The van der Waals surface area contributed by atoms with Crippen LogP contribution in [0.1, 0.15) is 49.8 Å². The molecule has 0 spiro atoms. The van der Waals surface area contributed by atoms with Gasteiger partial charge in [-0.1, -0.05) is 0 Å². The van der Waals surface area contributed by atoms with Gasteiger partial charge in [0.05, 0.1) is 30.3 Å². The molecule has 5 rings (SSSR count). The molecule has 3 amide bonds. The second-order valence-corrected chi connectivity index (χ2v) is 15.8. The summed E-state index contributed by atoms with van der Waals surface area (Å²) in [5.74, 6) is -3.09. The topological polar surface area (TPSA) is 287 Å². The van der Waals surface area contributed by atoms with Crippen molar-refractivity contribution in [1.29, 1.82) is 0 Å². The number of non-ortho nitro benzene ring substituents is 3. The molecule has 21 nitrogen and oxygen atoms in total. The van der Waals surface area contributed by atoms with E-state index in [-0.39, 0.29) is 56.1 Å². The van der Waals surface area contributed by atoms with Crippen molar-refractivity contribution in [3.63, 3.8) is 0 Å². The van der Waals surface area contributed by atoms with E-state index >= 15 is 0 Å². The third-order valence-corrected chi connectivity index (χ3v) is 11.5. The van der Waals surface area contributed by atoms with Crippen molar-refractivity contribution in [1.82, 2.24) is 15.5 Å². The van der Waals surface area contributed by atoms with Crippen LogP contribution < -0.4 is 10.6 Å². The Bertz CT molecular complexity index is 2130. The van der Waals surface area contributed by atoms with Gasteiger partial charge in [-0.2, -0.15) is 0 Å². The van der Waals surface area contributed by atoms with Gasteiger partial charge >= 0.3 is 18.0 Å². The van der Waals surface area contributed by atoms with Crippen LogP contribution in [-0.2, 0) is 64.0 Å². The number of nitro benzene ring substituents is 3. The number of carbonyl (C=O) groups excluding carboxylic acids is 5. The molecule has 3 aromatic carbocycles. The lowest BCUT2D eigenvalue weighted by Crippen LogP contribution is -2.71. The van der Waals surface area contributed by atoms with Gasteiger partial charge in [-0.15, -0.1) is 0 Å². The third kappa shape index (κ3) is 9.75. The molecule has 0 radical (unpaired) electrons. The maximum Gasteiger partial charge on any atom is 0.408 e. The van der Waals surface area contributed by atoms with Crippen molar-refractivity contribution >= 4 is 57.7 Å². The molecule has 2 fully saturated rings. The number of carbonyl (C=O) groups is 5. The first kappa shape index (κ1) is 42.3. The number of hydrogen-bond acceptors (Lipinski definition) is 15. The molecule has 1 unspecified atom stereocenters.